The molecule has 0 aliphatic carbocycles. The topological polar surface area (TPSA) is 123 Å². The molecule has 0 amide bonds. The van der Waals surface area contributed by atoms with Gasteiger partial charge in [-0.1, -0.05) is 23.2 Å². The van der Waals surface area contributed by atoms with Gasteiger partial charge in [0.25, 0.3) is 0 Å². The smallest absolute Gasteiger partial charge is 0.177 e. The summed E-state index contributed by atoms with van der Waals surface area (Å²) in [5, 5.41) is 9.38. The maximum Gasteiger partial charge on any atom is 0.177 e. The Hall–Kier alpha value is -2.91. The molecular weight excluding hydrogens is 499 g/mol. The fraction of sp³-hybridized carbons (Fsp3) is 0.346. The minimum Gasteiger partial charge on any atom is -0.471 e. The summed E-state index contributed by atoms with van der Waals surface area (Å²) in [7, 11) is 0. The van der Waals surface area contributed by atoms with Crippen LogP contribution < -0.4 is 21.1 Å². The molecule has 2 aliphatic rings. The lowest BCUT2D eigenvalue weighted by Crippen LogP contribution is -2.44. The summed E-state index contributed by atoms with van der Waals surface area (Å²) in [4.78, 5) is 10.9. The predicted octanol–water partition coefficient (Wildman–Crippen LogP) is 4.97. The van der Waals surface area contributed by atoms with Crippen LogP contribution in [-0.4, -0.2) is 41.0 Å². The first-order valence-corrected chi connectivity index (χ1v) is 12.7. The number of piperidine rings is 1. The van der Waals surface area contributed by atoms with Crippen molar-refractivity contribution in [2.45, 2.75) is 37.5 Å². The van der Waals surface area contributed by atoms with Gasteiger partial charge < -0.3 is 20.1 Å². The van der Waals surface area contributed by atoms with Gasteiger partial charge in [0.05, 0.1) is 21.4 Å². The second-order valence-electron chi connectivity index (χ2n) is 9.21. The maximum atomic E-state index is 8.76. The molecule has 188 valence electrons. The lowest BCUT2D eigenvalue weighted by molar-refractivity contribution is -0.0147. The Morgan fingerprint density at radius 2 is 1.83 bits per heavy atom. The van der Waals surface area contributed by atoms with E-state index in [4.69, 9.17) is 49.6 Å². The molecular formula is C26H28Cl2N6O2. The molecule has 0 bridgehead atoms. The van der Waals surface area contributed by atoms with Crippen LogP contribution in [0, 0.1) is 5.41 Å². The minimum absolute atomic E-state index is 0.0692. The zero-order chi connectivity index (χ0) is 25.3. The summed E-state index contributed by atoms with van der Waals surface area (Å²) in [5.74, 6) is 1.34. The largest absolute Gasteiger partial charge is 0.471 e. The third kappa shape index (κ3) is 4.99. The Morgan fingerprint density at radius 3 is 2.47 bits per heavy atom. The number of pyridine rings is 2. The van der Waals surface area contributed by atoms with Crippen LogP contribution in [0.5, 0.6) is 5.75 Å². The molecule has 2 aliphatic heterocycles. The Balaban J connectivity index is 1.29. The van der Waals surface area contributed by atoms with Crippen LogP contribution in [0.2, 0.25) is 10.0 Å². The molecule has 10 heteroatoms. The highest BCUT2D eigenvalue weighted by atomic mass is 35.5. The van der Waals surface area contributed by atoms with Gasteiger partial charge in [-0.3, -0.25) is 16.1 Å². The van der Waals surface area contributed by atoms with Crippen LogP contribution in [-0.2, 0) is 4.74 Å². The van der Waals surface area contributed by atoms with E-state index >= 15 is 0 Å². The van der Waals surface area contributed by atoms with Crippen molar-refractivity contribution in [3.8, 4) is 5.75 Å². The normalized spacial score (nSPS) is 17.8. The predicted molar refractivity (Wildman–Crippen MR) is 142 cm³/mol. The Bertz CT molecular complexity index is 1230. The number of halogens is 2. The summed E-state index contributed by atoms with van der Waals surface area (Å²) in [6, 6.07) is 8.90. The van der Waals surface area contributed by atoms with E-state index in [0.717, 1.165) is 51.2 Å². The van der Waals surface area contributed by atoms with E-state index in [1.807, 2.05) is 12.1 Å². The molecule has 1 aromatic carbocycles. The fourth-order valence-corrected chi connectivity index (χ4v) is 5.47. The van der Waals surface area contributed by atoms with Crippen LogP contribution in [0.15, 0.2) is 48.9 Å². The first-order valence-electron chi connectivity index (χ1n) is 11.9. The van der Waals surface area contributed by atoms with E-state index in [0.29, 0.717) is 38.2 Å². The van der Waals surface area contributed by atoms with Crippen molar-refractivity contribution < 1.29 is 9.47 Å². The Morgan fingerprint density at radius 1 is 1.08 bits per heavy atom. The number of nitrogens with two attached hydrogens (primary N) is 2. The number of aromatic nitrogens is 2. The number of hydrogen-bond acceptors (Lipinski definition) is 8. The van der Waals surface area contributed by atoms with E-state index in [-0.39, 0.29) is 11.3 Å². The number of nitrogen functional groups attached to an aromatic ring is 1. The second kappa shape index (κ2) is 10.2. The second-order valence-corrected chi connectivity index (χ2v) is 10.0. The van der Waals surface area contributed by atoms with Crippen molar-refractivity contribution in [3.63, 3.8) is 0 Å². The minimum atomic E-state index is -0.919. The summed E-state index contributed by atoms with van der Waals surface area (Å²) in [6.45, 7) is 2.71. The monoisotopic (exact) mass is 526 g/mol. The van der Waals surface area contributed by atoms with E-state index in [9.17, 15) is 0 Å². The van der Waals surface area contributed by atoms with E-state index in [2.05, 4.69) is 14.9 Å². The first-order chi connectivity index (χ1) is 17.3. The van der Waals surface area contributed by atoms with Crippen LogP contribution >= 0.6 is 23.2 Å². The van der Waals surface area contributed by atoms with E-state index in [1.54, 1.807) is 24.4 Å². The number of anilines is 2. The van der Waals surface area contributed by atoms with Gasteiger partial charge in [0.1, 0.15) is 11.6 Å². The molecule has 3 aromatic rings. The average Bonchev–Trinajstić information content (AvgIpc) is 3.33. The lowest BCUT2D eigenvalue weighted by Gasteiger charge is -2.39. The molecule has 5 N–H and O–H groups in total. The summed E-state index contributed by atoms with van der Waals surface area (Å²) < 4.78 is 11.9. The Kier molecular flexibility index (Phi) is 7.03. The highest BCUT2D eigenvalue weighted by Crippen LogP contribution is 2.37. The molecule has 1 spiro atoms. The van der Waals surface area contributed by atoms with E-state index < -0.39 is 6.23 Å². The van der Waals surface area contributed by atoms with Crippen molar-refractivity contribution >= 4 is 40.4 Å². The van der Waals surface area contributed by atoms with Crippen LogP contribution in [0.25, 0.3) is 0 Å². The van der Waals surface area contributed by atoms with Crippen molar-refractivity contribution in [1.82, 2.24) is 9.97 Å². The van der Waals surface area contributed by atoms with Gasteiger partial charge in [0.15, 0.2) is 6.23 Å². The molecule has 2 aromatic heterocycles. The van der Waals surface area contributed by atoms with Gasteiger partial charge >= 0.3 is 0 Å². The van der Waals surface area contributed by atoms with Crippen molar-refractivity contribution in [2.75, 3.05) is 30.3 Å². The van der Waals surface area contributed by atoms with Gasteiger partial charge in [-0.25, -0.2) is 4.98 Å². The highest BCUT2D eigenvalue weighted by molar-refractivity contribution is 6.35. The number of nitrogens with one attached hydrogen (secondary N) is 1. The summed E-state index contributed by atoms with van der Waals surface area (Å²) >= 11 is 12.4. The van der Waals surface area contributed by atoms with Gasteiger partial charge in [-0.2, -0.15) is 0 Å². The molecule has 1 atom stereocenters. The summed E-state index contributed by atoms with van der Waals surface area (Å²) in [5.41, 5.74) is 14.8. The number of ether oxygens (including phenoxy) is 2. The summed E-state index contributed by atoms with van der Waals surface area (Å²) in [6.07, 6.45) is 8.06. The van der Waals surface area contributed by atoms with Gasteiger partial charge in [-0.15, -0.1) is 0 Å². The first kappa shape index (κ1) is 24.8. The van der Waals surface area contributed by atoms with Crippen LogP contribution in [0.4, 0.5) is 11.5 Å². The molecule has 4 heterocycles. The number of hydrogen-bond donors (Lipinski definition) is 3. The standard InChI is InChI=1S/C26H28Cl2N6O2/c27-19-14-32-15-20(28)23(19)25(31)36-17-3-4-21(29)18(12-17)24(30)16-2-5-22(33-13-16)34-9-7-26(8-10-34)6-1-11-35-26/h2-5,12-15,25,30H,1,6-11,29,31H2/t25-/m0/s1. The molecule has 2 saturated heterocycles. The van der Waals surface area contributed by atoms with Gasteiger partial charge in [0.2, 0.25) is 0 Å². The highest BCUT2D eigenvalue weighted by Gasteiger charge is 2.38. The number of nitrogens with zero attached hydrogens (tertiary/aromatic N) is 3. The molecule has 8 nitrogen and oxygen atoms in total. The number of rotatable bonds is 6. The lowest BCUT2D eigenvalue weighted by atomic mass is 9.88. The number of benzene rings is 1. The van der Waals surface area contributed by atoms with Crippen molar-refractivity contribution in [2.24, 2.45) is 5.73 Å². The molecule has 36 heavy (non-hydrogen) atoms. The molecule has 0 radical (unpaired) electrons. The van der Waals surface area contributed by atoms with E-state index in [1.165, 1.54) is 12.4 Å². The van der Waals surface area contributed by atoms with Gasteiger partial charge in [-0.05, 0) is 56.0 Å². The van der Waals surface area contributed by atoms with Gasteiger partial charge in [0, 0.05) is 60.7 Å². The quantitative estimate of drug-likeness (QED) is 0.235. The zero-order valence-electron chi connectivity index (χ0n) is 19.7. The van der Waals surface area contributed by atoms with Crippen LogP contribution in [0.1, 0.15) is 48.6 Å². The molecule has 5 rings (SSSR count). The SMILES string of the molecule is N=C(c1ccc(N2CCC3(CCCO3)CC2)nc1)c1cc(O[C@H](N)c2c(Cl)cncc2Cl)ccc1N. The Labute approximate surface area is 220 Å². The van der Waals surface area contributed by atoms with Crippen molar-refractivity contribution in [3.05, 3.63) is 75.7 Å². The third-order valence-electron chi connectivity index (χ3n) is 6.95. The zero-order valence-corrected chi connectivity index (χ0v) is 21.2. The molecule has 2 fully saturated rings. The fourth-order valence-electron chi connectivity index (χ4n) is 4.89. The molecule has 0 unspecified atom stereocenters. The average molecular weight is 527 g/mol. The van der Waals surface area contributed by atoms with Crippen LogP contribution in [0.3, 0.4) is 0 Å². The van der Waals surface area contributed by atoms with Crippen molar-refractivity contribution in [1.29, 1.82) is 5.41 Å². The maximum absolute atomic E-state index is 8.76. The third-order valence-corrected chi connectivity index (χ3v) is 7.55. The molecule has 0 saturated carbocycles.